The van der Waals surface area contributed by atoms with Gasteiger partial charge in [0.05, 0.1) is 17.9 Å². The van der Waals surface area contributed by atoms with Gasteiger partial charge in [0.15, 0.2) is 0 Å². The Bertz CT molecular complexity index is 545. The molecule has 1 saturated heterocycles. The Labute approximate surface area is 123 Å². The minimum atomic E-state index is -0.324. The number of anilines is 1. The molecule has 8 nitrogen and oxygen atoms in total. The zero-order chi connectivity index (χ0) is 15.6. The lowest BCUT2D eigenvalue weighted by Gasteiger charge is -2.31. The fraction of sp³-hybridized carbons (Fsp3) is 0.615. The van der Waals surface area contributed by atoms with E-state index < -0.39 is 0 Å². The molecule has 1 aliphatic rings. The average Bonchev–Trinajstić information content (AvgIpc) is 2.65. The van der Waals surface area contributed by atoms with Crippen LogP contribution in [-0.4, -0.2) is 52.2 Å². The molecule has 0 aliphatic carbocycles. The molecular weight excluding hydrogens is 272 g/mol. The van der Waals surface area contributed by atoms with E-state index in [2.05, 4.69) is 10.4 Å². The second kappa shape index (κ2) is 6.13. The summed E-state index contributed by atoms with van der Waals surface area (Å²) >= 11 is 0. The van der Waals surface area contributed by atoms with Gasteiger partial charge >= 0.3 is 0 Å². The predicted octanol–water partition coefficient (Wildman–Crippen LogP) is -1.01. The molecule has 8 heteroatoms. The maximum Gasteiger partial charge on any atom is 0.271 e. The largest absolute Gasteiger partial charge is 0.395 e. The predicted molar refractivity (Wildman–Crippen MR) is 78.5 cm³/mol. The number of primary amides is 1. The number of likely N-dealkylation sites (tertiary alicyclic amines) is 1. The minimum absolute atomic E-state index is 0.0798. The van der Waals surface area contributed by atoms with Crippen molar-refractivity contribution in [1.29, 1.82) is 0 Å². The van der Waals surface area contributed by atoms with Gasteiger partial charge in [-0.15, -0.1) is 0 Å². The van der Waals surface area contributed by atoms with Crippen LogP contribution in [0.4, 0.5) is 5.69 Å². The molecule has 21 heavy (non-hydrogen) atoms. The first-order valence-corrected chi connectivity index (χ1v) is 6.99. The Morgan fingerprint density at radius 2 is 2.00 bits per heavy atom. The van der Waals surface area contributed by atoms with Gasteiger partial charge < -0.3 is 16.8 Å². The van der Waals surface area contributed by atoms with Gasteiger partial charge in [-0.1, -0.05) is 0 Å². The van der Waals surface area contributed by atoms with Crippen LogP contribution in [0.1, 0.15) is 29.0 Å². The number of aromatic nitrogens is 2. The number of piperidine rings is 1. The van der Waals surface area contributed by atoms with Gasteiger partial charge in [-0.05, 0) is 19.8 Å². The highest BCUT2D eigenvalue weighted by Gasteiger charge is 2.24. The van der Waals surface area contributed by atoms with Crippen LogP contribution < -0.4 is 16.8 Å². The van der Waals surface area contributed by atoms with Crippen LogP contribution in [0.5, 0.6) is 0 Å². The molecule has 0 atom stereocenters. The van der Waals surface area contributed by atoms with Crippen LogP contribution in [-0.2, 0) is 11.8 Å². The Hall–Kier alpha value is -2.09. The van der Waals surface area contributed by atoms with Crippen molar-refractivity contribution in [3.05, 3.63) is 11.4 Å². The Morgan fingerprint density at radius 3 is 2.48 bits per heavy atom. The number of carbonyl (C=O) groups excluding carboxylic acids is 2. The van der Waals surface area contributed by atoms with Crippen molar-refractivity contribution >= 4 is 17.5 Å². The molecule has 2 heterocycles. The molecule has 0 radical (unpaired) electrons. The molecule has 0 saturated carbocycles. The number of amides is 2. The van der Waals surface area contributed by atoms with E-state index in [9.17, 15) is 9.59 Å². The normalized spacial score (nSPS) is 16.9. The standard InChI is InChI=1S/C13H22N6O2/c1-8-11(15)12(18(2)17-8)13(21)16-9-3-5-19(6-4-9)7-10(14)20/h9H,3-7,15H2,1-2H3,(H2,14,20)(H,16,21). The van der Waals surface area contributed by atoms with Crippen LogP contribution >= 0.6 is 0 Å². The van der Waals surface area contributed by atoms with Crippen molar-refractivity contribution in [2.75, 3.05) is 25.4 Å². The summed E-state index contributed by atoms with van der Waals surface area (Å²) in [5.74, 6) is -0.528. The number of nitrogens with two attached hydrogens (primary N) is 2. The lowest BCUT2D eigenvalue weighted by molar-refractivity contribution is -0.119. The van der Waals surface area contributed by atoms with Crippen molar-refractivity contribution in [2.24, 2.45) is 12.8 Å². The SMILES string of the molecule is Cc1nn(C)c(C(=O)NC2CCN(CC(N)=O)CC2)c1N. The van der Waals surface area contributed by atoms with Gasteiger partial charge in [-0.25, -0.2) is 0 Å². The highest BCUT2D eigenvalue weighted by Crippen LogP contribution is 2.16. The summed E-state index contributed by atoms with van der Waals surface area (Å²) < 4.78 is 1.50. The zero-order valence-corrected chi connectivity index (χ0v) is 12.4. The van der Waals surface area contributed by atoms with E-state index in [-0.39, 0.29) is 24.4 Å². The van der Waals surface area contributed by atoms with Crippen molar-refractivity contribution < 1.29 is 9.59 Å². The Kier molecular flexibility index (Phi) is 4.46. The number of nitrogens with one attached hydrogen (secondary N) is 1. The molecule has 0 aromatic carbocycles. The van der Waals surface area contributed by atoms with Gasteiger partial charge in [-0.2, -0.15) is 5.10 Å². The van der Waals surface area contributed by atoms with E-state index in [1.165, 1.54) is 4.68 Å². The van der Waals surface area contributed by atoms with E-state index in [4.69, 9.17) is 11.5 Å². The van der Waals surface area contributed by atoms with Gasteiger partial charge in [0, 0.05) is 26.2 Å². The Morgan fingerprint density at radius 1 is 1.38 bits per heavy atom. The number of carbonyl (C=O) groups is 2. The monoisotopic (exact) mass is 294 g/mol. The molecular formula is C13H22N6O2. The third-order valence-electron chi connectivity index (χ3n) is 3.79. The fourth-order valence-electron chi connectivity index (χ4n) is 2.65. The summed E-state index contributed by atoms with van der Waals surface area (Å²) in [5, 5.41) is 7.12. The van der Waals surface area contributed by atoms with Gasteiger partial charge in [0.25, 0.3) is 5.91 Å². The Balaban J connectivity index is 1.91. The maximum absolute atomic E-state index is 12.3. The molecule has 0 bridgehead atoms. The van der Waals surface area contributed by atoms with Crippen LogP contribution in [0.25, 0.3) is 0 Å². The van der Waals surface area contributed by atoms with Crippen molar-refractivity contribution in [3.63, 3.8) is 0 Å². The van der Waals surface area contributed by atoms with Crippen molar-refractivity contribution in [3.8, 4) is 0 Å². The number of hydrogen-bond donors (Lipinski definition) is 3. The zero-order valence-electron chi connectivity index (χ0n) is 12.4. The molecule has 1 fully saturated rings. The average molecular weight is 294 g/mol. The smallest absolute Gasteiger partial charge is 0.271 e. The van der Waals surface area contributed by atoms with E-state index in [1.54, 1.807) is 14.0 Å². The molecule has 0 unspecified atom stereocenters. The molecule has 1 aromatic rings. The van der Waals surface area contributed by atoms with Crippen LogP contribution in [0.2, 0.25) is 0 Å². The van der Waals surface area contributed by atoms with Crippen LogP contribution in [0.15, 0.2) is 0 Å². The molecule has 2 rings (SSSR count). The molecule has 1 aliphatic heterocycles. The highest BCUT2D eigenvalue weighted by atomic mass is 16.2. The number of aryl methyl sites for hydroxylation is 2. The highest BCUT2D eigenvalue weighted by molar-refractivity contribution is 5.98. The van der Waals surface area contributed by atoms with Crippen molar-refractivity contribution in [2.45, 2.75) is 25.8 Å². The first-order chi connectivity index (χ1) is 9.88. The second-order valence-electron chi connectivity index (χ2n) is 5.46. The van der Waals surface area contributed by atoms with Crippen LogP contribution in [0.3, 0.4) is 0 Å². The third kappa shape index (κ3) is 3.52. The number of nitrogen functional groups attached to an aromatic ring is 1. The number of hydrogen-bond acceptors (Lipinski definition) is 5. The summed E-state index contributed by atoms with van der Waals surface area (Å²) in [5.41, 5.74) is 12.5. The first kappa shape index (κ1) is 15.3. The fourth-order valence-corrected chi connectivity index (χ4v) is 2.65. The molecule has 2 amide bonds. The van der Waals surface area contributed by atoms with Crippen molar-refractivity contribution in [1.82, 2.24) is 20.0 Å². The molecule has 1 aromatic heterocycles. The first-order valence-electron chi connectivity index (χ1n) is 6.99. The van der Waals surface area contributed by atoms with Gasteiger partial charge in [0.1, 0.15) is 5.69 Å². The van der Waals surface area contributed by atoms with E-state index in [1.807, 2.05) is 4.90 Å². The van der Waals surface area contributed by atoms with E-state index >= 15 is 0 Å². The second-order valence-corrected chi connectivity index (χ2v) is 5.46. The summed E-state index contributed by atoms with van der Waals surface area (Å²) in [7, 11) is 1.70. The summed E-state index contributed by atoms with van der Waals surface area (Å²) in [4.78, 5) is 25.2. The summed E-state index contributed by atoms with van der Waals surface area (Å²) in [6, 6.07) is 0.0798. The van der Waals surface area contributed by atoms with Gasteiger partial charge in [-0.3, -0.25) is 19.2 Å². The molecule has 0 spiro atoms. The van der Waals surface area contributed by atoms with Gasteiger partial charge in [0.2, 0.25) is 5.91 Å². The summed E-state index contributed by atoms with van der Waals surface area (Å²) in [6.07, 6.45) is 1.57. The quantitative estimate of drug-likeness (QED) is 0.657. The van der Waals surface area contributed by atoms with E-state index in [0.717, 1.165) is 25.9 Å². The van der Waals surface area contributed by atoms with Crippen LogP contribution in [0, 0.1) is 6.92 Å². The minimum Gasteiger partial charge on any atom is -0.395 e. The summed E-state index contributed by atoms with van der Waals surface area (Å²) in [6.45, 7) is 3.53. The number of nitrogens with zero attached hydrogens (tertiary/aromatic N) is 3. The van der Waals surface area contributed by atoms with E-state index in [0.29, 0.717) is 17.1 Å². The molecule has 116 valence electrons. The number of rotatable bonds is 4. The maximum atomic E-state index is 12.3. The topological polar surface area (TPSA) is 119 Å². The lowest BCUT2D eigenvalue weighted by atomic mass is 10.0. The third-order valence-corrected chi connectivity index (χ3v) is 3.79. The lowest BCUT2D eigenvalue weighted by Crippen LogP contribution is -2.47. The molecule has 5 N–H and O–H groups in total.